The summed E-state index contributed by atoms with van der Waals surface area (Å²) in [5.74, 6) is -0.491. The zero-order valence-corrected chi connectivity index (χ0v) is 8.78. The van der Waals surface area contributed by atoms with Gasteiger partial charge < -0.3 is 4.74 Å². The van der Waals surface area contributed by atoms with Crippen LogP contribution in [0.25, 0.3) is 0 Å². The number of ether oxygens (including phenoxy) is 1. The molecule has 1 aromatic rings. The molecule has 76 valence electrons. The molecule has 0 bridgehead atoms. The second-order valence-corrected chi connectivity index (χ2v) is 3.24. The van der Waals surface area contributed by atoms with Crippen LogP contribution in [0, 0.1) is 0 Å². The minimum atomic E-state index is -0.491. The number of carbonyl (C=O) groups excluding carboxylic acids is 1. The number of rotatable bonds is 3. The first-order valence-corrected chi connectivity index (χ1v) is 4.69. The number of carbonyl (C=O) groups is 1. The number of halogens is 1. The Morgan fingerprint density at radius 2 is 2.36 bits per heavy atom. The van der Waals surface area contributed by atoms with Gasteiger partial charge in [0.25, 0.3) is 0 Å². The molecule has 0 aromatic carbocycles. The Labute approximate surface area is 87.3 Å². The van der Waals surface area contributed by atoms with Gasteiger partial charge in [-0.1, -0.05) is 18.5 Å². The van der Waals surface area contributed by atoms with Crippen LogP contribution in [0.15, 0.2) is 12.4 Å². The van der Waals surface area contributed by atoms with Crippen LogP contribution in [-0.2, 0) is 4.74 Å². The fraction of sp³-hybridized carbons (Fsp3) is 0.444. The molecule has 0 aliphatic rings. The predicted molar refractivity (Wildman–Crippen MR) is 52.2 cm³/mol. The third-order valence-electron chi connectivity index (χ3n) is 1.70. The van der Waals surface area contributed by atoms with Crippen LogP contribution in [-0.4, -0.2) is 22.0 Å². The van der Waals surface area contributed by atoms with Gasteiger partial charge in [0.2, 0.25) is 0 Å². The van der Waals surface area contributed by atoms with Crippen LogP contribution in [0.4, 0.5) is 0 Å². The van der Waals surface area contributed by atoms with E-state index in [1.807, 2.05) is 13.8 Å². The van der Waals surface area contributed by atoms with E-state index in [0.717, 1.165) is 6.42 Å². The van der Waals surface area contributed by atoms with Crippen LogP contribution >= 0.6 is 11.6 Å². The molecule has 1 unspecified atom stereocenters. The number of aromatic nitrogens is 2. The summed E-state index contributed by atoms with van der Waals surface area (Å²) in [5, 5.41) is 0.184. The molecule has 1 rings (SSSR count). The van der Waals surface area contributed by atoms with Crippen LogP contribution in [0.2, 0.25) is 5.15 Å². The number of hydrogen-bond donors (Lipinski definition) is 0. The molecule has 0 saturated heterocycles. The highest BCUT2D eigenvalue weighted by molar-refractivity contribution is 6.29. The van der Waals surface area contributed by atoms with Crippen molar-refractivity contribution in [2.45, 2.75) is 26.4 Å². The maximum atomic E-state index is 11.4. The molecule has 1 aromatic heterocycles. The molecule has 0 fully saturated rings. The van der Waals surface area contributed by atoms with Crippen molar-refractivity contribution in [3.63, 3.8) is 0 Å². The molecular formula is C9H11ClN2O2. The van der Waals surface area contributed by atoms with E-state index in [4.69, 9.17) is 16.3 Å². The lowest BCUT2D eigenvalue weighted by Crippen LogP contribution is -2.15. The molecule has 14 heavy (non-hydrogen) atoms. The summed E-state index contributed by atoms with van der Waals surface area (Å²) in [7, 11) is 0. The first-order chi connectivity index (χ1) is 6.63. The first-order valence-electron chi connectivity index (χ1n) is 4.32. The molecule has 0 amide bonds. The van der Waals surface area contributed by atoms with E-state index in [2.05, 4.69) is 9.97 Å². The van der Waals surface area contributed by atoms with Gasteiger partial charge in [-0.15, -0.1) is 0 Å². The quantitative estimate of drug-likeness (QED) is 0.723. The lowest BCUT2D eigenvalue weighted by molar-refractivity contribution is 0.0327. The Hall–Kier alpha value is -1.16. The normalized spacial score (nSPS) is 12.2. The number of nitrogens with zero attached hydrogens (tertiary/aromatic N) is 2. The van der Waals surface area contributed by atoms with Gasteiger partial charge in [-0.05, 0) is 13.3 Å². The Balaban J connectivity index is 2.70. The van der Waals surface area contributed by atoms with Crippen molar-refractivity contribution in [3.05, 3.63) is 23.2 Å². The van der Waals surface area contributed by atoms with Crippen LogP contribution in [0.1, 0.15) is 30.8 Å². The summed E-state index contributed by atoms with van der Waals surface area (Å²) in [6.45, 7) is 3.75. The van der Waals surface area contributed by atoms with Crippen LogP contribution in [0.3, 0.4) is 0 Å². The Kier molecular flexibility index (Phi) is 3.83. The van der Waals surface area contributed by atoms with Crippen LogP contribution in [0.5, 0.6) is 0 Å². The summed E-state index contributed by atoms with van der Waals surface area (Å²) in [5.41, 5.74) is 0.137. The van der Waals surface area contributed by atoms with Crippen molar-refractivity contribution in [1.82, 2.24) is 9.97 Å². The molecule has 0 saturated carbocycles. The van der Waals surface area contributed by atoms with Crippen molar-refractivity contribution in [1.29, 1.82) is 0 Å². The smallest absolute Gasteiger partial charge is 0.358 e. The summed E-state index contributed by atoms with van der Waals surface area (Å²) < 4.78 is 5.04. The van der Waals surface area contributed by atoms with E-state index in [0.29, 0.717) is 0 Å². The largest absolute Gasteiger partial charge is 0.458 e. The standard InChI is InChI=1S/C9H11ClN2O2/c1-3-6(2)14-9(13)7-4-11-5-8(10)12-7/h4-6H,3H2,1-2H3. The SMILES string of the molecule is CCC(C)OC(=O)c1cncc(Cl)n1. The third kappa shape index (κ3) is 2.96. The molecule has 0 aliphatic carbocycles. The van der Waals surface area contributed by atoms with Gasteiger partial charge >= 0.3 is 5.97 Å². The van der Waals surface area contributed by atoms with E-state index in [9.17, 15) is 4.79 Å². The maximum Gasteiger partial charge on any atom is 0.358 e. The van der Waals surface area contributed by atoms with Gasteiger partial charge in [0.05, 0.1) is 18.5 Å². The van der Waals surface area contributed by atoms with Crippen molar-refractivity contribution >= 4 is 17.6 Å². The maximum absolute atomic E-state index is 11.4. The van der Waals surface area contributed by atoms with E-state index < -0.39 is 5.97 Å². The molecule has 1 heterocycles. The predicted octanol–water partition coefficient (Wildman–Crippen LogP) is 2.09. The molecule has 1 atom stereocenters. The average molecular weight is 215 g/mol. The van der Waals surface area contributed by atoms with E-state index in [1.165, 1.54) is 12.4 Å². The van der Waals surface area contributed by atoms with Gasteiger partial charge in [0.1, 0.15) is 5.15 Å². The van der Waals surface area contributed by atoms with E-state index in [1.54, 1.807) is 0 Å². The van der Waals surface area contributed by atoms with E-state index in [-0.39, 0.29) is 17.0 Å². The minimum absolute atomic E-state index is 0.122. The zero-order chi connectivity index (χ0) is 10.6. The molecule has 5 heteroatoms. The summed E-state index contributed by atoms with van der Waals surface area (Å²) >= 11 is 5.58. The Bertz CT molecular complexity index is 330. The molecule has 0 N–H and O–H groups in total. The zero-order valence-electron chi connectivity index (χ0n) is 8.03. The van der Waals surface area contributed by atoms with Crippen molar-refractivity contribution < 1.29 is 9.53 Å². The van der Waals surface area contributed by atoms with Crippen molar-refractivity contribution in [3.8, 4) is 0 Å². The highest BCUT2D eigenvalue weighted by Crippen LogP contribution is 2.06. The second kappa shape index (κ2) is 4.91. The average Bonchev–Trinajstić information content (AvgIpc) is 2.17. The monoisotopic (exact) mass is 214 g/mol. The second-order valence-electron chi connectivity index (χ2n) is 2.85. The number of esters is 1. The Morgan fingerprint density at radius 3 is 2.93 bits per heavy atom. The van der Waals surface area contributed by atoms with Gasteiger partial charge in [0.15, 0.2) is 5.69 Å². The van der Waals surface area contributed by atoms with Gasteiger partial charge in [-0.2, -0.15) is 0 Å². The minimum Gasteiger partial charge on any atom is -0.458 e. The van der Waals surface area contributed by atoms with Crippen molar-refractivity contribution in [2.24, 2.45) is 0 Å². The van der Waals surface area contributed by atoms with Gasteiger partial charge in [-0.3, -0.25) is 4.98 Å². The molecule has 4 nitrogen and oxygen atoms in total. The Morgan fingerprint density at radius 1 is 1.64 bits per heavy atom. The van der Waals surface area contributed by atoms with E-state index >= 15 is 0 Å². The fourth-order valence-corrected chi connectivity index (χ4v) is 0.914. The lowest BCUT2D eigenvalue weighted by Gasteiger charge is -2.09. The first kappa shape index (κ1) is 10.9. The van der Waals surface area contributed by atoms with Crippen LogP contribution < -0.4 is 0 Å². The lowest BCUT2D eigenvalue weighted by atomic mass is 10.3. The molecule has 0 radical (unpaired) electrons. The fourth-order valence-electron chi connectivity index (χ4n) is 0.767. The molecule has 0 spiro atoms. The molecule has 0 aliphatic heterocycles. The number of hydrogen-bond acceptors (Lipinski definition) is 4. The van der Waals surface area contributed by atoms with Crippen molar-refractivity contribution in [2.75, 3.05) is 0 Å². The topological polar surface area (TPSA) is 52.1 Å². The summed E-state index contributed by atoms with van der Waals surface area (Å²) in [4.78, 5) is 18.9. The summed E-state index contributed by atoms with van der Waals surface area (Å²) in [6, 6.07) is 0. The molecular weight excluding hydrogens is 204 g/mol. The highest BCUT2D eigenvalue weighted by atomic mass is 35.5. The highest BCUT2D eigenvalue weighted by Gasteiger charge is 2.12. The van der Waals surface area contributed by atoms with Gasteiger partial charge in [0, 0.05) is 0 Å². The van der Waals surface area contributed by atoms with Gasteiger partial charge in [-0.25, -0.2) is 9.78 Å². The summed E-state index contributed by atoms with van der Waals surface area (Å²) in [6.07, 6.45) is 3.33. The third-order valence-corrected chi connectivity index (χ3v) is 1.88.